The minimum Gasteiger partial charge on any atom is -0.481 e. The molecule has 9 heavy (non-hydrogen) atoms. The van der Waals surface area contributed by atoms with E-state index < -0.39 is 11.9 Å². The van der Waals surface area contributed by atoms with Crippen molar-refractivity contribution in [2.24, 2.45) is 5.92 Å². The van der Waals surface area contributed by atoms with Gasteiger partial charge in [-0.2, -0.15) is 0 Å². The second-order valence-electron chi connectivity index (χ2n) is 1.79. The number of hydrogen-bond acceptors (Lipinski definition) is 3. The molecule has 0 saturated heterocycles. The molecule has 0 aromatic heterocycles. The van der Waals surface area contributed by atoms with Crippen LogP contribution in [0.5, 0.6) is 0 Å². The topological polar surface area (TPSA) is 58.6 Å². The zero-order valence-corrected chi connectivity index (χ0v) is 5.55. The van der Waals surface area contributed by atoms with Crippen LogP contribution in [0.4, 0.5) is 0 Å². The van der Waals surface area contributed by atoms with Crippen LogP contribution in [0.2, 0.25) is 0 Å². The number of carboxylic acid groups (broad SMARTS) is 1. The van der Waals surface area contributed by atoms with Gasteiger partial charge in [-0.1, -0.05) is 6.92 Å². The lowest BCUT2D eigenvalue weighted by Crippen LogP contribution is -2.25. The number of carboxylic acids is 1. The van der Waals surface area contributed by atoms with Crippen molar-refractivity contribution in [1.82, 2.24) is 5.48 Å². The largest absolute Gasteiger partial charge is 0.481 e. The zero-order valence-electron chi connectivity index (χ0n) is 5.55. The molecule has 0 amide bonds. The van der Waals surface area contributed by atoms with Crippen molar-refractivity contribution in [2.75, 3.05) is 13.7 Å². The summed E-state index contributed by atoms with van der Waals surface area (Å²) in [5.41, 5.74) is 2.45. The van der Waals surface area contributed by atoms with Gasteiger partial charge < -0.3 is 9.94 Å². The summed E-state index contributed by atoms with van der Waals surface area (Å²) in [4.78, 5) is 14.6. The van der Waals surface area contributed by atoms with Crippen LogP contribution in [0.1, 0.15) is 6.92 Å². The molecule has 0 radical (unpaired) electrons. The molecule has 4 heteroatoms. The van der Waals surface area contributed by atoms with E-state index in [-0.39, 0.29) is 0 Å². The average Bonchev–Trinajstić information content (AvgIpc) is 1.82. The Bertz CT molecular complexity index is 94.2. The van der Waals surface area contributed by atoms with Crippen LogP contribution in [-0.2, 0) is 9.63 Å². The molecule has 54 valence electrons. The van der Waals surface area contributed by atoms with Crippen LogP contribution in [0.15, 0.2) is 0 Å². The lowest BCUT2D eigenvalue weighted by Gasteiger charge is -2.04. The van der Waals surface area contributed by atoms with Crippen molar-refractivity contribution in [3.8, 4) is 0 Å². The van der Waals surface area contributed by atoms with Gasteiger partial charge >= 0.3 is 5.97 Å². The Morgan fingerprint density at radius 3 is 2.78 bits per heavy atom. The predicted octanol–water partition coefficient (Wildman–Crippen LogP) is -0.142. The molecule has 0 fully saturated rings. The molecular weight excluding hydrogens is 122 g/mol. The lowest BCUT2D eigenvalue weighted by molar-refractivity contribution is -0.141. The van der Waals surface area contributed by atoms with Crippen molar-refractivity contribution < 1.29 is 14.7 Å². The Morgan fingerprint density at radius 2 is 2.44 bits per heavy atom. The summed E-state index contributed by atoms with van der Waals surface area (Å²) < 4.78 is 0. The quantitative estimate of drug-likeness (QED) is 0.524. The highest BCUT2D eigenvalue weighted by atomic mass is 16.6. The van der Waals surface area contributed by atoms with Crippen molar-refractivity contribution in [3.05, 3.63) is 0 Å². The second kappa shape index (κ2) is 4.29. The highest BCUT2D eigenvalue weighted by Gasteiger charge is 2.08. The van der Waals surface area contributed by atoms with E-state index in [2.05, 4.69) is 10.3 Å². The van der Waals surface area contributed by atoms with Gasteiger partial charge in [0.15, 0.2) is 0 Å². The highest BCUT2D eigenvalue weighted by Crippen LogP contribution is 1.89. The van der Waals surface area contributed by atoms with Crippen LogP contribution in [0, 0.1) is 5.92 Å². The van der Waals surface area contributed by atoms with Crippen LogP contribution in [0.3, 0.4) is 0 Å². The molecule has 1 unspecified atom stereocenters. The van der Waals surface area contributed by atoms with E-state index in [0.29, 0.717) is 6.54 Å². The van der Waals surface area contributed by atoms with Crippen molar-refractivity contribution >= 4 is 5.97 Å². The number of carbonyl (C=O) groups is 1. The van der Waals surface area contributed by atoms with Gasteiger partial charge in [-0.05, 0) is 0 Å². The Balaban J connectivity index is 3.27. The molecule has 2 N–H and O–H groups in total. The maximum Gasteiger partial charge on any atom is 0.307 e. The first kappa shape index (κ1) is 8.39. The van der Waals surface area contributed by atoms with Crippen LogP contribution in [-0.4, -0.2) is 24.7 Å². The molecule has 1 atom stereocenters. The number of hydrogen-bond donors (Lipinski definition) is 2. The maximum atomic E-state index is 10.1. The smallest absolute Gasteiger partial charge is 0.307 e. The molecule has 0 heterocycles. The maximum absolute atomic E-state index is 10.1. The Kier molecular flexibility index (Phi) is 4.00. The van der Waals surface area contributed by atoms with Gasteiger partial charge in [0.1, 0.15) is 0 Å². The van der Waals surface area contributed by atoms with Gasteiger partial charge in [-0.15, -0.1) is 0 Å². The molecule has 0 aromatic rings. The molecule has 0 aliphatic carbocycles. The number of hydroxylamine groups is 1. The van der Waals surface area contributed by atoms with Gasteiger partial charge in [-0.25, -0.2) is 5.48 Å². The zero-order chi connectivity index (χ0) is 7.28. The van der Waals surface area contributed by atoms with Crippen molar-refractivity contribution in [2.45, 2.75) is 6.92 Å². The fourth-order valence-electron chi connectivity index (χ4n) is 0.296. The molecule has 0 aromatic carbocycles. The summed E-state index contributed by atoms with van der Waals surface area (Å²) in [7, 11) is 1.45. The predicted molar refractivity (Wildman–Crippen MR) is 31.8 cm³/mol. The first-order chi connectivity index (χ1) is 4.18. The molecule has 0 aliphatic heterocycles. The third kappa shape index (κ3) is 3.93. The van der Waals surface area contributed by atoms with Gasteiger partial charge in [0, 0.05) is 6.54 Å². The summed E-state index contributed by atoms with van der Waals surface area (Å²) in [6.07, 6.45) is 0. The Hall–Kier alpha value is -0.610. The highest BCUT2D eigenvalue weighted by molar-refractivity contribution is 5.69. The van der Waals surface area contributed by atoms with Gasteiger partial charge in [0.05, 0.1) is 13.0 Å². The van der Waals surface area contributed by atoms with E-state index in [0.717, 1.165) is 0 Å². The summed E-state index contributed by atoms with van der Waals surface area (Å²) in [6.45, 7) is 1.94. The minimum absolute atomic E-state index is 0.339. The minimum atomic E-state index is -0.820. The van der Waals surface area contributed by atoms with Gasteiger partial charge in [-0.3, -0.25) is 4.79 Å². The Labute approximate surface area is 53.8 Å². The van der Waals surface area contributed by atoms with Crippen LogP contribution in [0.25, 0.3) is 0 Å². The van der Waals surface area contributed by atoms with Crippen molar-refractivity contribution in [3.63, 3.8) is 0 Å². The SMILES string of the molecule is CONCC(C)C(=O)O. The Morgan fingerprint density at radius 1 is 1.89 bits per heavy atom. The third-order valence-electron chi connectivity index (χ3n) is 0.955. The summed E-state index contributed by atoms with van der Waals surface area (Å²) in [6, 6.07) is 0. The van der Waals surface area contributed by atoms with E-state index >= 15 is 0 Å². The van der Waals surface area contributed by atoms with Crippen LogP contribution < -0.4 is 5.48 Å². The first-order valence-electron chi connectivity index (χ1n) is 2.67. The number of aliphatic carboxylic acids is 1. The lowest BCUT2D eigenvalue weighted by atomic mass is 10.2. The summed E-state index contributed by atoms with van der Waals surface area (Å²) in [5, 5.41) is 8.31. The molecule has 0 aliphatic rings. The summed E-state index contributed by atoms with van der Waals surface area (Å²) in [5.74, 6) is -1.22. The van der Waals surface area contributed by atoms with E-state index in [1.165, 1.54) is 7.11 Å². The summed E-state index contributed by atoms with van der Waals surface area (Å²) >= 11 is 0. The van der Waals surface area contributed by atoms with E-state index in [1.54, 1.807) is 6.92 Å². The molecule has 0 saturated carbocycles. The third-order valence-corrected chi connectivity index (χ3v) is 0.955. The molecular formula is C5H11NO3. The van der Waals surface area contributed by atoms with Gasteiger partial charge in [0.25, 0.3) is 0 Å². The van der Waals surface area contributed by atoms with Gasteiger partial charge in [0.2, 0.25) is 0 Å². The monoisotopic (exact) mass is 133 g/mol. The standard InChI is InChI=1S/C5H11NO3/c1-4(5(7)8)3-6-9-2/h4,6H,3H2,1-2H3,(H,7,8). The number of rotatable bonds is 4. The average molecular weight is 133 g/mol. The normalized spacial score (nSPS) is 13.1. The number of nitrogens with one attached hydrogen (secondary N) is 1. The van der Waals surface area contributed by atoms with Crippen LogP contribution >= 0.6 is 0 Å². The van der Waals surface area contributed by atoms with E-state index in [4.69, 9.17) is 5.11 Å². The first-order valence-corrected chi connectivity index (χ1v) is 2.67. The second-order valence-corrected chi connectivity index (χ2v) is 1.79. The fraction of sp³-hybridized carbons (Fsp3) is 0.800. The van der Waals surface area contributed by atoms with Crippen molar-refractivity contribution in [1.29, 1.82) is 0 Å². The van der Waals surface area contributed by atoms with E-state index in [9.17, 15) is 4.79 Å². The molecule has 0 spiro atoms. The molecule has 0 rings (SSSR count). The molecule has 0 bridgehead atoms. The molecule has 4 nitrogen and oxygen atoms in total. The van der Waals surface area contributed by atoms with E-state index in [1.807, 2.05) is 0 Å². The fourth-order valence-corrected chi connectivity index (χ4v) is 0.296.